The van der Waals surface area contributed by atoms with Crippen LogP contribution in [0.4, 0.5) is 0 Å². The first-order valence-corrected chi connectivity index (χ1v) is 8.18. The Labute approximate surface area is 129 Å². The Bertz CT molecular complexity index is 588. The predicted octanol–water partition coefficient (Wildman–Crippen LogP) is 4.62. The van der Waals surface area contributed by atoms with Crippen molar-refractivity contribution in [2.24, 2.45) is 0 Å². The van der Waals surface area contributed by atoms with Crippen molar-refractivity contribution in [3.63, 3.8) is 0 Å². The van der Waals surface area contributed by atoms with Crippen LogP contribution in [0.3, 0.4) is 0 Å². The molecule has 2 aromatic rings. The molecular formula is C16H17ClN2S. The average molecular weight is 305 g/mol. The van der Waals surface area contributed by atoms with Gasteiger partial charge in [0.2, 0.25) is 0 Å². The second-order valence-electron chi connectivity index (χ2n) is 5.05. The lowest BCUT2D eigenvalue weighted by Crippen LogP contribution is -2.27. The van der Waals surface area contributed by atoms with E-state index < -0.39 is 0 Å². The summed E-state index contributed by atoms with van der Waals surface area (Å²) >= 11 is 8.06. The van der Waals surface area contributed by atoms with Gasteiger partial charge in [-0.15, -0.1) is 11.8 Å². The number of hydrogen-bond donors (Lipinski definition) is 1. The van der Waals surface area contributed by atoms with Gasteiger partial charge in [0.25, 0.3) is 0 Å². The Morgan fingerprint density at radius 1 is 1.40 bits per heavy atom. The minimum absolute atomic E-state index is 0.281. The van der Waals surface area contributed by atoms with Crippen molar-refractivity contribution in [3.8, 4) is 0 Å². The number of hydrogen-bond acceptors (Lipinski definition) is 3. The number of halogens is 1. The molecule has 2 nitrogen and oxygen atoms in total. The van der Waals surface area contributed by atoms with Crippen LogP contribution in [0.15, 0.2) is 47.6 Å². The van der Waals surface area contributed by atoms with Gasteiger partial charge in [0.1, 0.15) is 0 Å². The minimum atomic E-state index is 0.281. The van der Waals surface area contributed by atoms with Gasteiger partial charge in [0, 0.05) is 34.4 Å². The Kier molecular flexibility index (Phi) is 4.29. The summed E-state index contributed by atoms with van der Waals surface area (Å²) in [4.78, 5) is 5.54. The zero-order valence-corrected chi connectivity index (χ0v) is 12.9. The molecule has 0 fully saturated rings. The molecule has 20 heavy (non-hydrogen) atoms. The van der Waals surface area contributed by atoms with Gasteiger partial charge in [0.15, 0.2) is 0 Å². The van der Waals surface area contributed by atoms with Crippen LogP contribution < -0.4 is 5.32 Å². The van der Waals surface area contributed by atoms with E-state index in [0.29, 0.717) is 6.04 Å². The third-order valence-electron chi connectivity index (χ3n) is 3.65. The van der Waals surface area contributed by atoms with Gasteiger partial charge >= 0.3 is 0 Å². The predicted molar refractivity (Wildman–Crippen MR) is 85.3 cm³/mol. The molecule has 1 aromatic heterocycles. The Balaban J connectivity index is 1.81. The SMILES string of the molecule is C[C@H](NC1CCSc2ccc(Cl)cc21)c1cccnc1. The highest BCUT2D eigenvalue weighted by Gasteiger charge is 2.22. The van der Waals surface area contributed by atoms with E-state index in [1.54, 1.807) is 0 Å². The topological polar surface area (TPSA) is 24.9 Å². The fourth-order valence-electron chi connectivity index (χ4n) is 2.57. The zero-order chi connectivity index (χ0) is 13.9. The van der Waals surface area contributed by atoms with Crippen LogP contribution in [0.1, 0.15) is 36.6 Å². The second-order valence-corrected chi connectivity index (χ2v) is 6.62. The maximum atomic E-state index is 6.15. The summed E-state index contributed by atoms with van der Waals surface area (Å²) in [6.07, 6.45) is 4.86. The molecule has 3 rings (SSSR count). The highest BCUT2D eigenvalue weighted by Crippen LogP contribution is 2.38. The summed E-state index contributed by atoms with van der Waals surface area (Å²) in [6.45, 7) is 2.18. The van der Waals surface area contributed by atoms with Crippen molar-refractivity contribution >= 4 is 23.4 Å². The number of nitrogens with one attached hydrogen (secondary N) is 1. The van der Waals surface area contributed by atoms with Crippen LogP contribution in [-0.4, -0.2) is 10.7 Å². The first-order valence-electron chi connectivity index (χ1n) is 6.82. The largest absolute Gasteiger partial charge is 0.303 e. The van der Waals surface area contributed by atoms with E-state index in [1.807, 2.05) is 36.3 Å². The fraction of sp³-hybridized carbons (Fsp3) is 0.312. The number of thioether (sulfide) groups is 1. The van der Waals surface area contributed by atoms with Crippen LogP contribution >= 0.6 is 23.4 Å². The van der Waals surface area contributed by atoms with Gasteiger partial charge < -0.3 is 5.32 Å². The second kappa shape index (κ2) is 6.17. The number of nitrogens with zero attached hydrogens (tertiary/aromatic N) is 1. The van der Waals surface area contributed by atoms with Crippen molar-refractivity contribution < 1.29 is 0 Å². The first kappa shape index (κ1) is 13.9. The third kappa shape index (κ3) is 3.00. The van der Waals surface area contributed by atoms with Gasteiger partial charge in [-0.1, -0.05) is 17.7 Å². The van der Waals surface area contributed by atoms with E-state index in [1.165, 1.54) is 16.0 Å². The maximum Gasteiger partial charge on any atom is 0.0410 e. The summed E-state index contributed by atoms with van der Waals surface area (Å²) in [5.41, 5.74) is 2.54. The lowest BCUT2D eigenvalue weighted by molar-refractivity contribution is 0.449. The van der Waals surface area contributed by atoms with E-state index in [4.69, 9.17) is 11.6 Å². The molecule has 0 bridgehead atoms. The smallest absolute Gasteiger partial charge is 0.0410 e. The highest BCUT2D eigenvalue weighted by molar-refractivity contribution is 7.99. The van der Waals surface area contributed by atoms with Crippen LogP contribution in [0.25, 0.3) is 0 Å². The standard InChI is InChI=1S/C16H17ClN2S/c1-11(12-3-2-7-18-10-12)19-15-6-8-20-16-5-4-13(17)9-14(15)16/h2-5,7,9-11,15,19H,6,8H2,1H3/t11-,15?/m0/s1. The summed E-state index contributed by atoms with van der Waals surface area (Å²) in [6, 6.07) is 10.9. The Hall–Kier alpha value is -1.03. The zero-order valence-electron chi connectivity index (χ0n) is 11.3. The average Bonchev–Trinajstić information content (AvgIpc) is 2.49. The molecule has 0 saturated heterocycles. The minimum Gasteiger partial charge on any atom is -0.303 e. The molecule has 1 unspecified atom stereocenters. The lowest BCUT2D eigenvalue weighted by Gasteiger charge is -2.29. The molecule has 2 heterocycles. The van der Waals surface area contributed by atoms with Crippen LogP contribution in [0, 0.1) is 0 Å². The van der Waals surface area contributed by atoms with E-state index in [-0.39, 0.29) is 6.04 Å². The number of fused-ring (bicyclic) bond motifs is 1. The Morgan fingerprint density at radius 2 is 2.30 bits per heavy atom. The molecule has 0 saturated carbocycles. The van der Waals surface area contributed by atoms with Gasteiger partial charge in [-0.05, 0) is 54.5 Å². The first-order chi connectivity index (χ1) is 9.74. The van der Waals surface area contributed by atoms with Crippen molar-refractivity contribution in [1.82, 2.24) is 10.3 Å². The third-order valence-corrected chi connectivity index (χ3v) is 5.00. The molecule has 0 spiro atoms. The molecule has 1 N–H and O–H groups in total. The number of aromatic nitrogens is 1. The summed E-state index contributed by atoms with van der Waals surface area (Å²) in [5, 5.41) is 4.52. The molecule has 4 heteroatoms. The summed E-state index contributed by atoms with van der Waals surface area (Å²) in [5.74, 6) is 1.14. The molecular weight excluding hydrogens is 288 g/mol. The van der Waals surface area contributed by atoms with Gasteiger partial charge in [-0.3, -0.25) is 4.98 Å². The van der Waals surface area contributed by atoms with Crippen LogP contribution in [-0.2, 0) is 0 Å². The van der Waals surface area contributed by atoms with Crippen LogP contribution in [0.5, 0.6) is 0 Å². The molecule has 1 aromatic carbocycles. The number of pyridine rings is 1. The highest BCUT2D eigenvalue weighted by atomic mass is 35.5. The van der Waals surface area contributed by atoms with Crippen molar-refractivity contribution in [1.29, 1.82) is 0 Å². The molecule has 104 valence electrons. The van der Waals surface area contributed by atoms with E-state index in [2.05, 4.69) is 35.4 Å². The molecule has 1 aliphatic heterocycles. The summed E-state index contributed by atoms with van der Waals surface area (Å²) < 4.78 is 0. The molecule has 0 amide bonds. The van der Waals surface area contributed by atoms with E-state index >= 15 is 0 Å². The quantitative estimate of drug-likeness (QED) is 0.895. The van der Waals surface area contributed by atoms with E-state index in [0.717, 1.165) is 17.2 Å². The van der Waals surface area contributed by atoms with E-state index in [9.17, 15) is 0 Å². The lowest BCUT2D eigenvalue weighted by atomic mass is 10.0. The Morgan fingerprint density at radius 3 is 3.10 bits per heavy atom. The molecule has 0 radical (unpaired) electrons. The molecule has 1 aliphatic rings. The van der Waals surface area contributed by atoms with Gasteiger partial charge in [0.05, 0.1) is 0 Å². The fourth-order valence-corrected chi connectivity index (χ4v) is 3.85. The molecule has 2 atom stereocenters. The van der Waals surface area contributed by atoms with Crippen molar-refractivity contribution in [2.45, 2.75) is 30.3 Å². The molecule has 0 aliphatic carbocycles. The van der Waals surface area contributed by atoms with Crippen molar-refractivity contribution in [3.05, 3.63) is 58.9 Å². The van der Waals surface area contributed by atoms with Gasteiger partial charge in [-0.2, -0.15) is 0 Å². The van der Waals surface area contributed by atoms with Crippen LogP contribution in [0.2, 0.25) is 5.02 Å². The van der Waals surface area contributed by atoms with Crippen molar-refractivity contribution in [2.75, 3.05) is 5.75 Å². The normalized spacial score (nSPS) is 19.4. The monoisotopic (exact) mass is 304 g/mol. The number of benzene rings is 1. The van der Waals surface area contributed by atoms with Gasteiger partial charge in [-0.25, -0.2) is 0 Å². The summed E-state index contributed by atoms with van der Waals surface area (Å²) in [7, 11) is 0. The number of rotatable bonds is 3. The maximum absolute atomic E-state index is 6.15.